The van der Waals surface area contributed by atoms with Crippen molar-refractivity contribution in [1.82, 2.24) is 9.78 Å². The van der Waals surface area contributed by atoms with E-state index in [9.17, 15) is 4.79 Å². The van der Waals surface area contributed by atoms with Crippen LogP contribution in [0.4, 0.5) is 5.82 Å². The molecular formula is C22H21N3O2. The van der Waals surface area contributed by atoms with Gasteiger partial charge in [-0.2, -0.15) is 5.10 Å². The van der Waals surface area contributed by atoms with Crippen LogP contribution in [0.3, 0.4) is 0 Å². The molecule has 1 atom stereocenters. The maximum atomic E-state index is 12.5. The second-order valence-electron chi connectivity index (χ2n) is 6.50. The summed E-state index contributed by atoms with van der Waals surface area (Å²) in [6.07, 6.45) is 1.73. The number of carbonyl (C=O) groups is 1. The number of hydrogen-bond acceptors (Lipinski definition) is 4. The van der Waals surface area contributed by atoms with Gasteiger partial charge in [0.1, 0.15) is 11.9 Å². The molecule has 5 heteroatoms. The number of anilines is 1. The van der Waals surface area contributed by atoms with E-state index in [1.54, 1.807) is 13.1 Å². The van der Waals surface area contributed by atoms with Gasteiger partial charge in [0.15, 0.2) is 0 Å². The average Bonchev–Trinajstić information content (AvgIpc) is 3.13. The van der Waals surface area contributed by atoms with Crippen molar-refractivity contribution < 1.29 is 9.53 Å². The van der Waals surface area contributed by atoms with Gasteiger partial charge >= 0.3 is 5.97 Å². The van der Waals surface area contributed by atoms with Crippen LogP contribution in [0.1, 0.15) is 24.1 Å². The molecule has 0 saturated carbocycles. The molecule has 0 fully saturated rings. The van der Waals surface area contributed by atoms with Crippen molar-refractivity contribution in [3.05, 3.63) is 83.6 Å². The summed E-state index contributed by atoms with van der Waals surface area (Å²) in [5.41, 5.74) is 4.62. The van der Waals surface area contributed by atoms with E-state index in [2.05, 4.69) is 36.5 Å². The first-order valence-electron chi connectivity index (χ1n) is 9.02. The van der Waals surface area contributed by atoms with Crippen LogP contribution in [0.15, 0.2) is 72.4 Å². The number of nitrogens with zero attached hydrogens (tertiary/aromatic N) is 2. The van der Waals surface area contributed by atoms with Crippen molar-refractivity contribution in [1.29, 1.82) is 0 Å². The summed E-state index contributed by atoms with van der Waals surface area (Å²) in [6, 6.07) is 19.8. The molecule has 0 spiro atoms. The zero-order chi connectivity index (χ0) is 18.8. The Morgan fingerprint density at radius 3 is 2.59 bits per heavy atom. The summed E-state index contributed by atoms with van der Waals surface area (Å²) in [5.74, 6) is 0.504. The van der Waals surface area contributed by atoms with Crippen molar-refractivity contribution in [2.24, 2.45) is 0 Å². The van der Waals surface area contributed by atoms with E-state index < -0.39 is 0 Å². The van der Waals surface area contributed by atoms with Gasteiger partial charge in [-0.15, -0.1) is 0 Å². The molecule has 0 amide bonds. The van der Waals surface area contributed by atoms with E-state index in [1.807, 2.05) is 41.1 Å². The Morgan fingerprint density at radius 1 is 1.15 bits per heavy atom. The Hall–Kier alpha value is -3.34. The zero-order valence-corrected chi connectivity index (χ0v) is 15.3. The fourth-order valence-electron chi connectivity index (χ4n) is 3.27. The second-order valence-corrected chi connectivity index (χ2v) is 6.50. The van der Waals surface area contributed by atoms with E-state index in [4.69, 9.17) is 9.84 Å². The number of benzene rings is 2. The van der Waals surface area contributed by atoms with Gasteiger partial charge in [0.05, 0.1) is 17.9 Å². The molecule has 0 unspecified atom stereocenters. The van der Waals surface area contributed by atoms with Gasteiger partial charge in [0.2, 0.25) is 0 Å². The molecule has 3 aromatic rings. The summed E-state index contributed by atoms with van der Waals surface area (Å²) in [6.45, 7) is 4.20. The Kier molecular flexibility index (Phi) is 4.50. The molecule has 2 aromatic carbocycles. The van der Waals surface area contributed by atoms with Crippen LogP contribution in [0.2, 0.25) is 0 Å². The van der Waals surface area contributed by atoms with Crippen molar-refractivity contribution >= 4 is 11.8 Å². The van der Waals surface area contributed by atoms with Crippen LogP contribution in [0, 0.1) is 6.92 Å². The molecule has 1 aliphatic rings. The normalized spacial score (nSPS) is 15.5. The molecule has 5 nitrogen and oxygen atoms in total. The zero-order valence-electron chi connectivity index (χ0n) is 15.3. The smallest absolute Gasteiger partial charge is 0.338 e. The van der Waals surface area contributed by atoms with Crippen LogP contribution in [-0.4, -0.2) is 22.4 Å². The van der Waals surface area contributed by atoms with Crippen LogP contribution in [-0.2, 0) is 9.53 Å². The third-order valence-corrected chi connectivity index (χ3v) is 4.62. The lowest BCUT2D eigenvalue weighted by molar-refractivity contribution is -0.139. The van der Waals surface area contributed by atoms with Crippen LogP contribution < -0.4 is 5.32 Å². The molecule has 2 heterocycles. The molecule has 136 valence electrons. The van der Waals surface area contributed by atoms with Gasteiger partial charge in [-0.3, -0.25) is 0 Å². The number of aromatic nitrogens is 2. The highest BCUT2D eigenvalue weighted by molar-refractivity contribution is 5.91. The van der Waals surface area contributed by atoms with Crippen LogP contribution >= 0.6 is 0 Å². The summed E-state index contributed by atoms with van der Waals surface area (Å²) < 4.78 is 7.12. The molecule has 27 heavy (non-hydrogen) atoms. The minimum absolute atomic E-state index is 0.332. The lowest BCUT2D eigenvalue weighted by atomic mass is 9.98. The highest BCUT2D eigenvalue weighted by Crippen LogP contribution is 2.35. The van der Waals surface area contributed by atoms with Crippen molar-refractivity contribution in [3.8, 4) is 11.3 Å². The monoisotopic (exact) mass is 359 g/mol. The second kappa shape index (κ2) is 7.11. The van der Waals surface area contributed by atoms with E-state index in [0.29, 0.717) is 12.2 Å². The third-order valence-electron chi connectivity index (χ3n) is 4.62. The van der Waals surface area contributed by atoms with Crippen LogP contribution in [0.25, 0.3) is 11.3 Å². The number of aryl methyl sites for hydroxylation is 1. The Morgan fingerprint density at radius 2 is 1.89 bits per heavy atom. The van der Waals surface area contributed by atoms with Crippen LogP contribution in [0.5, 0.6) is 0 Å². The maximum absolute atomic E-state index is 12.5. The summed E-state index contributed by atoms with van der Waals surface area (Å²) >= 11 is 0. The number of hydrogen-bond donors (Lipinski definition) is 1. The first kappa shape index (κ1) is 17.1. The highest BCUT2D eigenvalue weighted by atomic mass is 16.5. The van der Waals surface area contributed by atoms with E-state index in [-0.39, 0.29) is 12.0 Å². The minimum Gasteiger partial charge on any atom is -0.463 e. The topological polar surface area (TPSA) is 56.1 Å². The highest BCUT2D eigenvalue weighted by Gasteiger charge is 2.31. The van der Waals surface area contributed by atoms with E-state index in [1.165, 1.54) is 5.56 Å². The van der Waals surface area contributed by atoms with Crippen molar-refractivity contribution in [2.45, 2.75) is 19.9 Å². The third kappa shape index (κ3) is 3.24. The largest absolute Gasteiger partial charge is 0.463 e. The molecule has 0 aliphatic carbocycles. The Labute approximate surface area is 158 Å². The van der Waals surface area contributed by atoms with E-state index in [0.717, 1.165) is 22.6 Å². The molecule has 0 radical (unpaired) electrons. The molecule has 0 saturated heterocycles. The molecular weight excluding hydrogens is 338 g/mol. The number of ether oxygens (including phenoxy) is 1. The Bertz CT molecular complexity index is 988. The van der Waals surface area contributed by atoms with Gasteiger partial charge in [-0.05, 0) is 19.4 Å². The number of carbonyl (C=O) groups excluding carboxylic acids is 1. The van der Waals surface area contributed by atoms with Crippen molar-refractivity contribution in [3.63, 3.8) is 0 Å². The summed E-state index contributed by atoms with van der Waals surface area (Å²) in [7, 11) is 0. The van der Waals surface area contributed by atoms with E-state index >= 15 is 0 Å². The lowest BCUT2D eigenvalue weighted by Crippen LogP contribution is -2.26. The van der Waals surface area contributed by atoms with Crippen molar-refractivity contribution in [2.75, 3.05) is 11.9 Å². The fraction of sp³-hybridized carbons (Fsp3) is 0.182. The standard InChI is InChI=1S/C22H21N3O2/c1-3-27-22(26)18-14-23-20-13-19(16-11-9-15(2)10-12-16)24-25(20)21(18)17-7-5-4-6-8-17/h4-14,21,23H,3H2,1-2H3/t21-/m0/s1. The minimum atomic E-state index is -0.336. The van der Waals surface area contributed by atoms with Gasteiger partial charge < -0.3 is 10.1 Å². The molecule has 1 N–H and O–H groups in total. The average molecular weight is 359 g/mol. The predicted octanol–water partition coefficient (Wildman–Crippen LogP) is 4.32. The molecule has 4 rings (SSSR count). The predicted molar refractivity (Wildman–Crippen MR) is 105 cm³/mol. The molecule has 0 bridgehead atoms. The number of fused-ring (bicyclic) bond motifs is 1. The quantitative estimate of drug-likeness (QED) is 0.705. The first-order valence-corrected chi connectivity index (χ1v) is 9.02. The first-order chi connectivity index (χ1) is 13.2. The summed E-state index contributed by atoms with van der Waals surface area (Å²) in [4.78, 5) is 12.5. The van der Waals surface area contributed by atoms with Gasteiger partial charge in [0.25, 0.3) is 0 Å². The van der Waals surface area contributed by atoms with Gasteiger partial charge in [0, 0.05) is 17.8 Å². The number of rotatable bonds is 4. The summed E-state index contributed by atoms with van der Waals surface area (Å²) in [5, 5.41) is 8.00. The lowest BCUT2D eigenvalue weighted by Gasteiger charge is -2.26. The fourth-order valence-corrected chi connectivity index (χ4v) is 3.27. The maximum Gasteiger partial charge on any atom is 0.338 e. The number of esters is 1. The Balaban J connectivity index is 1.79. The molecule has 1 aliphatic heterocycles. The van der Waals surface area contributed by atoms with Gasteiger partial charge in [-0.25, -0.2) is 9.48 Å². The van der Waals surface area contributed by atoms with Gasteiger partial charge in [-0.1, -0.05) is 60.2 Å². The SMILES string of the molecule is CCOC(=O)C1=CNc2cc(-c3ccc(C)cc3)nn2[C@H]1c1ccccc1. The number of nitrogens with one attached hydrogen (secondary N) is 1. The molecule has 1 aromatic heterocycles.